The van der Waals surface area contributed by atoms with Gasteiger partial charge in [0.15, 0.2) is 0 Å². The summed E-state index contributed by atoms with van der Waals surface area (Å²) in [4.78, 5) is 33.0. The van der Waals surface area contributed by atoms with Gasteiger partial charge in [0.1, 0.15) is 5.69 Å². The molecule has 4 heterocycles. The second kappa shape index (κ2) is 9.56. The van der Waals surface area contributed by atoms with E-state index in [0.717, 1.165) is 31.5 Å². The zero-order chi connectivity index (χ0) is 23.7. The lowest BCUT2D eigenvalue weighted by Crippen LogP contribution is -2.48. The van der Waals surface area contributed by atoms with Crippen LogP contribution >= 0.6 is 0 Å². The Hall–Kier alpha value is -2.62. The topological polar surface area (TPSA) is 90.9 Å². The molecule has 3 aliphatic rings. The highest BCUT2D eigenvalue weighted by Crippen LogP contribution is 2.26. The monoisotopic (exact) mass is 482 g/mol. The van der Waals surface area contributed by atoms with Gasteiger partial charge < -0.3 is 4.90 Å². The number of aromatic nitrogens is 1. The van der Waals surface area contributed by atoms with Gasteiger partial charge in [-0.2, -0.15) is 4.31 Å². The molecule has 0 radical (unpaired) electrons. The molecule has 0 spiro atoms. The van der Waals surface area contributed by atoms with E-state index in [1.807, 2.05) is 0 Å². The predicted molar refractivity (Wildman–Crippen MR) is 127 cm³/mol. The number of carbonyl (C=O) groups excluding carboxylic acids is 2. The molecular formula is C25H30N4O4S. The van der Waals surface area contributed by atoms with Gasteiger partial charge in [-0.3, -0.25) is 19.5 Å². The molecule has 1 aromatic heterocycles. The van der Waals surface area contributed by atoms with Crippen molar-refractivity contribution in [3.8, 4) is 0 Å². The fraction of sp³-hybridized carbons (Fsp3) is 0.480. The van der Waals surface area contributed by atoms with Gasteiger partial charge in [0, 0.05) is 31.9 Å². The highest BCUT2D eigenvalue weighted by Gasteiger charge is 2.36. The average molecular weight is 483 g/mol. The van der Waals surface area contributed by atoms with Crippen LogP contribution in [0.3, 0.4) is 0 Å². The summed E-state index contributed by atoms with van der Waals surface area (Å²) < 4.78 is 27.9. The van der Waals surface area contributed by atoms with Crippen LogP contribution in [-0.4, -0.2) is 78.1 Å². The van der Waals surface area contributed by atoms with Crippen molar-refractivity contribution in [1.29, 1.82) is 0 Å². The fourth-order valence-corrected chi connectivity index (χ4v) is 6.74. The van der Waals surface area contributed by atoms with E-state index in [9.17, 15) is 18.0 Å². The number of fused-ring (bicyclic) bond motifs is 1. The molecule has 2 aromatic rings. The largest absolute Gasteiger partial charge is 0.300 e. The van der Waals surface area contributed by atoms with Crippen molar-refractivity contribution in [2.45, 2.75) is 49.5 Å². The Balaban J connectivity index is 1.18. The molecule has 2 saturated heterocycles. The molecule has 0 atom stereocenters. The van der Waals surface area contributed by atoms with Gasteiger partial charge >= 0.3 is 0 Å². The second-order valence-electron chi connectivity index (χ2n) is 9.29. The van der Waals surface area contributed by atoms with E-state index in [1.165, 1.54) is 30.4 Å². The van der Waals surface area contributed by atoms with Crippen molar-refractivity contribution in [3.63, 3.8) is 0 Å². The van der Waals surface area contributed by atoms with Crippen molar-refractivity contribution < 1.29 is 18.0 Å². The maximum atomic E-state index is 13.2. The van der Waals surface area contributed by atoms with Crippen LogP contribution in [0.5, 0.6) is 0 Å². The summed E-state index contributed by atoms with van der Waals surface area (Å²) in [6, 6.07) is 10.5. The molecule has 0 N–H and O–H groups in total. The number of benzene rings is 1. The zero-order valence-corrected chi connectivity index (χ0v) is 20.0. The number of hydrogen-bond acceptors (Lipinski definition) is 6. The first-order chi connectivity index (χ1) is 16.4. The van der Waals surface area contributed by atoms with Gasteiger partial charge in [-0.1, -0.05) is 18.6 Å². The minimum atomic E-state index is -3.53. The molecule has 8 nitrogen and oxygen atoms in total. The Bertz CT molecular complexity index is 1130. The van der Waals surface area contributed by atoms with Gasteiger partial charge in [0.05, 0.1) is 10.5 Å². The second-order valence-corrected chi connectivity index (χ2v) is 11.2. The van der Waals surface area contributed by atoms with Crippen LogP contribution in [0, 0.1) is 0 Å². The standard InChI is InChI=1S/C25H30N4O4S/c30-24-22-5-4-13-26-23(22)25(31)29(24)18-10-19-6-8-21(9-7-19)34(32,33)28-16-11-20(12-17-28)27-14-2-1-3-15-27/h4-9,13,20H,1-3,10-12,14-18H2. The molecule has 0 unspecified atom stereocenters. The van der Waals surface area contributed by atoms with Crippen LogP contribution in [0.2, 0.25) is 0 Å². The number of amides is 2. The minimum absolute atomic E-state index is 0.193. The number of nitrogens with zero attached hydrogens (tertiary/aromatic N) is 4. The van der Waals surface area contributed by atoms with Crippen LogP contribution < -0.4 is 0 Å². The Morgan fingerprint density at radius 1 is 0.882 bits per heavy atom. The molecule has 0 aliphatic carbocycles. The maximum Gasteiger partial charge on any atom is 0.280 e. The smallest absolute Gasteiger partial charge is 0.280 e. The molecule has 180 valence electrons. The molecule has 3 aliphatic heterocycles. The first-order valence-corrected chi connectivity index (χ1v) is 13.5. The number of imide groups is 1. The van der Waals surface area contributed by atoms with Crippen molar-refractivity contribution >= 4 is 21.8 Å². The molecule has 9 heteroatoms. The summed E-state index contributed by atoms with van der Waals surface area (Å²) in [6.07, 6.45) is 7.51. The van der Waals surface area contributed by atoms with E-state index in [4.69, 9.17) is 0 Å². The summed E-state index contributed by atoms with van der Waals surface area (Å²) in [5.41, 5.74) is 1.39. The number of piperidine rings is 2. The van der Waals surface area contributed by atoms with E-state index in [0.29, 0.717) is 31.1 Å². The molecule has 2 amide bonds. The van der Waals surface area contributed by atoms with E-state index in [1.54, 1.807) is 40.7 Å². The lowest BCUT2D eigenvalue weighted by atomic mass is 10.0. The highest BCUT2D eigenvalue weighted by molar-refractivity contribution is 7.89. The number of sulfonamides is 1. The Kier molecular flexibility index (Phi) is 6.50. The van der Waals surface area contributed by atoms with Crippen molar-refractivity contribution in [2.75, 3.05) is 32.7 Å². The number of carbonyl (C=O) groups is 2. The lowest BCUT2D eigenvalue weighted by molar-refractivity contribution is 0.0654. The highest BCUT2D eigenvalue weighted by atomic mass is 32.2. The van der Waals surface area contributed by atoms with Crippen molar-refractivity contribution in [1.82, 2.24) is 19.1 Å². The fourth-order valence-electron chi connectivity index (χ4n) is 5.27. The third-order valence-electron chi connectivity index (χ3n) is 7.25. The summed E-state index contributed by atoms with van der Waals surface area (Å²) in [7, 11) is -3.53. The molecule has 2 fully saturated rings. The zero-order valence-electron chi connectivity index (χ0n) is 19.2. The molecular weight excluding hydrogens is 452 g/mol. The first-order valence-electron chi connectivity index (χ1n) is 12.1. The van der Waals surface area contributed by atoms with Crippen LogP contribution in [-0.2, 0) is 16.4 Å². The van der Waals surface area contributed by atoms with Crippen LogP contribution in [0.15, 0.2) is 47.5 Å². The summed E-state index contributed by atoms with van der Waals surface area (Å²) in [6.45, 7) is 3.61. The maximum absolute atomic E-state index is 13.2. The summed E-state index contributed by atoms with van der Waals surface area (Å²) in [5.74, 6) is -0.715. The Labute approximate surface area is 200 Å². The Morgan fingerprint density at radius 3 is 2.26 bits per heavy atom. The third-order valence-corrected chi connectivity index (χ3v) is 9.16. The van der Waals surface area contributed by atoms with Crippen LogP contribution in [0.4, 0.5) is 0 Å². The van der Waals surface area contributed by atoms with Crippen LogP contribution in [0.25, 0.3) is 0 Å². The average Bonchev–Trinajstić information content (AvgIpc) is 3.13. The third kappa shape index (κ3) is 4.39. The van der Waals surface area contributed by atoms with Gasteiger partial charge in [0.25, 0.3) is 11.8 Å². The number of rotatable bonds is 6. The molecule has 0 bridgehead atoms. The molecule has 34 heavy (non-hydrogen) atoms. The van der Waals surface area contributed by atoms with Gasteiger partial charge in [-0.15, -0.1) is 0 Å². The Morgan fingerprint density at radius 2 is 1.59 bits per heavy atom. The van der Waals surface area contributed by atoms with Crippen molar-refractivity contribution in [2.24, 2.45) is 0 Å². The SMILES string of the molecule is O=C1c2cccnc2C(=O)N1CCc1ccc(S(=O)(=O)N2CCC(N3CCCCC3)CC2)cc1. The normalized spacial score (nSPS) is 20.6. The molecule has 0 saturated carbocycles. The summed E-state index contributed by atoms with van der Waals surface area (Å²) >= 11 is 0. The van der Waals surface area contributed by atoms with E-state index in [-0.39, 0.29) is 28.9 Å². The molecule has 1 aromatic carbocycles. The van der Waals surface area contributed by atoms with E-state index < -0.39 is 10.0 Å². The lowest BCUT2D eigenvalue weighted by Gasteiger charge is -2.39. The first kappa shape index (κ1) is 23.1. The van der Waals surface area contributed by atoms with Gasteiger partial charge in [-0.05, 0) is 75.0 Å². The predicted octanol–water partition coefficient (Wildman–Crippen LogP) is 2.56. The van der Waals surface area contributed by atoms with Gasteiger partial charge in [0.2, 0.25) is 10.0 Å². The van der Waals surface area contributed by atoms with Gasteiger partial charge in [-0.25, -0.2) is 8.42 Å². The molecule has 5 rings (SSSR count). The van der Waals surface area contributed by atoms with Crippen molar-refractivity contribution in [3.05, 3.63) is 59.4 Å². The summed E-state index contributed by atoms with van der Waals surface area (Å²) in [5, 5.41) is 0. The quantitative estimate of drug-likeness (QED) is 0.588. The minimum Gasteiger partial charge on any atom is -0.300 e. The van der Waals surface area contributed by atoms with Crippen LogP contribution in [0.1, 0.15) is 58.5 Å². The van der Waals surface area contributed by atoms with E-state index in [2.05, 4.69) is 9.88 Å². The van der Waals surface area contributed by atoms with E-state index >= 15 is 0 Å². The number of hydrogen-bond donors (Lipinski definition) is 0. The number of likely N-dealkylation sites (tertiary alicyclic amines) is 1. The number of pyridine rings is 1.